The molecule has 6 heteroatoms. The Morgan fingerprint density at radius 3 is 2.70 bits per heavy atom. The number of hydrogen-bond acceptors (Lipinski definition) is 4. The lowest BCUT2D eigenvalue weighted by atomic mass is 9.77. The SMILES string of the molecule is O=C1NCCC12CCN(c1c(Cl)cncc1-c1cc3ccccc3o1)CC2. The Morgan fingerprint density at radius 1 is 1.15 bits per heavy atom. The lowest BCUT2D eigenvalue weighted by Gasteiger charge is -2.39. The van der Waals surface area contributed by atoms with Gasteiger partial charge in [0.05, 0.1) is 21.7 Å². The van der Waals surface area contributed by atoms with Gasteiger partial charge in [-0.05, 0) is 31.4 Å². The van der Waals surface area contributed by atoms with E-state index in [-0.39, 0.29) is 11.3 Å². The molecular formula is C21H20ClN3O2. The second-order valence-electron chi connectivity index (χ2n) is 7.44. The minimum absolute atomic E-state index is 0.199. The average Bonchev–Trinajstić information content (AvgIpc) is 3.27. The first-order chi connectivity index (χ1) is 13.2. The lowest BCUT2D eigenvalue weighted by Crippen LogP contribution is -2.44. The maximum absolute atomic E-state index is 12.3. The fraction of sp³-hybridized carbons (Fsp3) is 0.333. The molecular weight excluding hydrogens is 362 g/mol. The van der Waals surface area contributed by atoms with Gasteiger partial charge < -0.3 is 14.6 Å². The third-order valence-corrected chi connectivity index (χ3v) is 6.25. The summed E-state index contributed by atoms with van der Waals surface area (Å²) in [5, 5.41) is 4.65. The lowest BCUT2D eigenvalue weighted by molar-refractivity contribution is -0.128. The molecule has 2 aliphatic rings. The fourth-order valence-electron chi connectivity index (χ4n) is 4.40. The molecule has 5 rings (SSSR count). The summed E-state index contributed by atoms with van der Waals surface area (Å²) in [5.41, 5.74) is 2.48. The summed E-state index contributed by atoms with van der Waals surface area (Å²) in [5.74, 6) is 0.973. The van der Waals surface area contributed by atoms with Crippen molar-refractivity contribution in [2.24, 2.45) is 5.41 Å². The average molecular weight is 382 g/mol. The van der Waals surface area contributed by atoms with Crippen LogP contribution in [0.2, 0.25) is 5.02 Å². The summed E-state index contributed by atoms with van der Waals surface area (Å²) in [7, 11) is 0. The van der Waals surface area contributed by atoms with Crippen LogP contribution in [0.25, 0.3) is 22.3 Å². The van der Waals surface area contributed by atoms with E-state index in [1.165, 1.54) is 0 Å². The monoisotopic (exact) mass is 381 g/mol. The minimum Gasteiger partial charge on any atom is -0.456 e. The summed E-state index contributed by atoms with van der Waals surface area (Å²) < 4.78 is 6.06. The number of rotatable bonds is 2. The molecule has 0 saturated carbocycles. The summed E-state index contributed by atoms with van der Waals surface area (Å²) in [6.45, 7) is 2.38. The van der Waals surface area contributed by atoms with Crippen molar-refractivity contribution in [3.8, 4) is 11.3 Å². The smallest absolute Gasteiger partial charge is 0.226 e. The molecule has 1 amide bonds. The first kappa shape index (κ1) is 16.6. The van der Waals surface area contributed by atoms with E-state index in [0.717, 1.165) is 66.9 Å². The van der Waals surface area contributed by atoms with E-state index in [1.807, 2.05) is 36.5 Å². The van der Waals surface area contributed by atoms with Crippen LogP contribution in [-0.2, 0) is 4.79 Å². The zero-order chi connectivity index (χ0) is 18.4. The molecule has 1 aromatic carbocycles. The van der Waals surface area contributed by atoms with Crippen molar-refractivity contribution in [1.82, 2.24) is 10.3 Å². The number of carbonyl (C=O) groups is 1. The van der Waals surface area contributed by atoms with Crippen molar-refractivity contribution in [1.29, 1.82) is 0 Å². The molecule has 1 N–H and O–H groups in total. The highest BCUT2D eigenvalue weighted by Gasteiger charge is 2.44. The number of benzene rings is 1. The normalized spacial score (nSPS) is 19.0. The third-order valence-electron chi connectivity index (χ3n) is 5.97. The van der Waals surface area contributed by atoms with E-state index in [9.17, 15) is 4.79 Å². The van der Waals surface area contributed by atoms with Gasteiger partial charge in [-0.3, -0.25) is 9.78 Å². The zero-order valence-electron chi connectivity index (χ0n) is 14.9. The number of pyridine rings is 1. The molecule has 2 aliphatic heterocycles. The van der Waals surface area contributed by atoms with Gasteiger partial charge in [0.2, 0.25) is 5.91 Å². The molecule has 2 saturated heterocycles. The molecule has 27 heavy (non-hydrogen) atoms. The maximum atomic E-state index is 12.3. The van der Waals surface area contributed by atoms with Gasteiger partial charge >= 0.3 is 0 Å². The number of aromatic nitrogens is 1. The minimum atomic E-state index is -0.199. The van der Waals surface area contributed by atoms with Crippen molar-refractivity contribution in [2.45, 2.75) is 19.3 Å². The second kappa shape index (κ2) is 6.27. The zero-order valence-corrected chi connectivity index (χ0v) is 15.6. The number of para-hydroxylation sites is 1. The molecule has 0 radical (unpaired) electrons. The number of hydrogen-bond donors (Lipinski definition) is 1. The molecule has 4 heterocycles. The van der Waals surface area contributed by atoms with Crippen LogP contribution >= 0.6 is 11.6 Å². The Morgan fingerprint density at radius 2 is 1.96 bits per heavy atom. The van der Waals surface area contributed by atoms with Crippen LogP contribution in [0.5, 0.6) is 0 Å². The Kier molecular flexibility index (Phi) is 3.86. The van der Waals surface area contributed by atoms with Crippen molar-refractivity contribution >= 4 is 34.2 Å². The van der Waals surface area contributed by atoms with Gasteiger partial charge in [0.15, 0.2) is 0 Å². The molecule has 0 bridgehead atoms. The highest BCUT2D eigenvalue weighted by atomic mass is 35.5. The fourth-order valence-corrected chi connectivity index (χ4v) is 4.67. The predicted octanol–water partition coefficient (Wildman–Crippen LogP) is 4.25. The molecule has 0 atom stereocenters. The molecule has 1 spiro atoms. The molecule has 138 valence electrons. The first-order valence-electron chi connectivity index (χ1n) is 9.32. The summed E-state index contributed by atoms with van der Waals surface area (Å²) in [6.07, 6.45) is 6.11. The van der Waals surface area contributed by atoms with E-state index in [1.54, 1.807) is 6.20 Å². The number of piperidine rings is 1. The second-order valence-corrected chi connectivity index (χ2v) is 7.85. The maximum Gasteiger partial charge on any atom is 0.226 e. The Bertz CT molecular complexity index is 988. The Labute approximate surface area is 162 Å². The number of nitrogens with zero attached hydrogens (tertiary/aromatic N) is 2. The van der Waals surface area contributed by atoms with Gasteiger partial charge in [-0.25, -0.2) is 0 Å². The molecule has 2 aromatic heterocycles. The van der Waals surface area contributed by atoms with Crippen LogP contribution < -0.4 is 10.2 Å². The van der Waals surface area contributed by atoms with E-state index in [2.05, 4.69) is 15.2 Å². The Hall–Kier alpha value is -2.53. The van der Waals surface area contributed by atoms with E-state index in [0.29, 0.717) is 5.02 Å². The number of halogens is 1. The summed E-state index contributed by atoms with van der Waals surface area (Å²) in [6, 6.07) is 9.98. The van der Waals surface area contributed by atoms with Crippen LogP contribution in [0.4, 0.5) is 5.69 Å². The topological polar surface area (TPSA) is 58.4 Å². The van der Waals surface area contributed by atoms with Crippen LogP contribution in [0.3, 0.4) is 0 Å². The van der Waals surface area contributed by atoms with Gasteiger partial charge in [0, 0.05) is 37.4 Å². The van der Waals surface area contributed by atoms with Crippen molar-refractivity contribution in [3.05, 3.63) is 47.7 Å². The van der Waals surface area contributed by atoms with Crippen LogP contribution in [0.1, 0.15) is 19.3 Å². The number of carbonyl (C=O) groups excluding carboxylic acids is 1. The largest absolute Gasteiger partial charge is 0.456 e. The van der Waals surface area contributed by atoms with Gasteiger partial charge in [-0.15, -0.1) is 0 Å². The van der Waals surface area contributed by atoms with Crippen LogP contribution in [0, 0.1) is 5.41 Å². The van der Waals surface area contributed by atoms with Crippen LogP contribution in [-0.4, -0.2) is 30.5 Å². The van der Waals surface area contributed by atoms with Crippen molar-refractivity contribution in [2.75, 3.05) is 24.5 Å². The summed E-state index contributed by atoms with van der Waals surface area (Å²) >= 11 is 6.57. The van der Waals surface area contributed by atoms with Gasteiger partial charge in [0.25, 0.3) is 0 Å². The Balaban J connectivity index is 1.51. The van der Waals surface area contributed by atoms with E-state index in [4.69, 9.17) is 16.0 Å². The molecule has 5 nitrogen and oxygen atoms in total. The highest BCUT2D eigenvalue weighted by molar-refractivity contribution is 6.33. The molecule has 2 fully saturated rings. The first-order valence-corrected chi connectivity index (χ1v) is 9.70. The van der Waals surface area contributed by atoms with E-state index >= 15 is 0 Å². The number of fused-ring (bicyclic) bond motifs is 1. The molecule has 0 unspecified atom stereocenters. The molecule has 0 aliphatic carbocycles. The quantitative estimate of drug-likeness (QED) is 0.720. The number of nitrogens with one attached hydrogen (secondary N) is 1. The van der Waals surface area contributed by atoms with Crippen molar-refractivity contribution in [3.63, 3.8) is 0 Å². The summed E-state index contributed by atoms with van der Waals surface area (Å²) in [4.78, 5) is 18.8. The van der Waals surface area contributed by atoms with Gasteiger partial charge in [-0.1, -0.05) is 29.8 Å². The highest BCUT2D eigenvalue weighted by Crippen LogP contribution is 2.43. The third kappa shape index (κ3) is 2.69. The standard InChI is InChI=1S/C21H20ClN3O2/c22-16-13-23-12-15(18-11-14-3-1-2-4-17(14)27-18)19(16)25-9-6-21(7-10-25)5-8-24-20(21)26/h1-4,11-13H,5-10H2,(H,24,26). The van der Waals surface area contributed by atoms with Gasteiger partial charge in [-0.2, -0.15) is 0 Å². The van der Waals surface area contributed by atoms with Crippen molar-refractivity contribution < 1.29 is 9.21 Å². The van der Waals surface area contributed by atoms with Gasteiger partial charge in [0.1, 0.15) is 11.3 Å². The molecule has 3 aromatic rings. The number of furan rings is 1. The van der Waals surface area contributed by atoms with Crippen LogP contribution in [0.15, 0.2) is 47.1 Å². The number of amides is 1. The van der Waals surface area contributed by atoms with E-state index < -0.39 is 0 Å². The predicted molar refractivity (Wildman–Crippen MR) is 106 cm³/mol. The number of anilines is 1.